The first-order valence-electron chi connectivity index (χ1n) is 10.6. The van der Waals surface area contributed by atoms with Crippen molar-refractivity contribution in [2.24, 2.45) is 5.92 Å². The smallest absolute Gasteiger partial charge is 0.228 e. The van der Waals surface area contributed by atoms with Gasteiger partial charge in [0.2, 0.25) is 5.91 Å². The number of anilines is 1. The van der Waals surface area contributed by atoms with Crippen LogP contribution in [0, 0.1) is 5.92 Å². The molecule has 0 spiro atoms. The van der Waals surface area contributed by atoms with E-state index in [2.05, 4.69) is 21.4 Å². The minimum Gasteiger partial charge on any atom is -0.494 e. The number of hydrogen-bond donors (Lipinski definition) is 1. The maximum atomic E-state index is 12.9. The number of aromatic nitrogens is 2. The van der Waals surface area contributed by atoms with Gasteiger partial charge in [-0.3, -0.25) is 9.69 Å². The van der Waals surface area contributed by atoms with Crippen LogP contribution in [-0.2, 0) is 11.3 Å². The van der Waals surface area contributed by atoms with Gasteiger partial charge in [-0.15, -0.1) is 0 Å². The number of piperidine rings is 1. The van der Waals surface area contributed by atoms with E-state index in [1.807, 2.05) is 61.7 Å². The lowest BCUT2D eigenvalue weighted by molar-refractivity contribution is -0.121. The van der Waals surface area contributed by atoms with E-state index in [0.717, 1.165) is 49.6 Å². The number of likely N-dealkylation sites (tertiary alicyclic amines) is 1. The molecule has 1 fully saturated rings. The van der Waals surface area contributed by atoms with Crippen LogP contribution in [0.3, 0.4) is 0 Å². The molecule has 4 rings (SSSR count). The Balaban J connectivity index is 1.39. The quantitative estimate of drug-likeness (QED) is 0.644. The number of hydrogen-bond acceptors (Lipinski definition) is 4. The molecule has 1 aliphatic heterocycles. The molecule has 3 aromatic rings. The van der Waals surface area contributed by atoms with Gasteiger partial charge >= 0.3 is 0 Å². The summed E-state index contributed by atoms with van der Waals surface area (Å²) >= 11 is 0. The summed E-state index contributed by atoms with van der Waals surface area (Å²) < 4.78 is 7.55. The summed E-state index contributed by atoms with van der Waals surface area (Å²) in [4.78, 5) is 15.3. The molecule has 1 N–H and O–H groups in total. The molecular weight excluding hydrogens is 376 g/mol. The van der Waals surface area contributed by atoms with Gasteiger partial charge in [0.15, 0.2) is 0 Å². The van der Waals surface area contributed by atoms with Crippen LogP contribution in [0.4, 0.5) is 5.69 Å². The molecule has 0 unspecified atom stereocenters. The van der Waals surface area contributed by atoms with Gasteiger partial charge in [0.1, 0.15) is 5.75 Å². The summed E-state index contributed by atoms with van der Waals surface area (Å²) in [6.45, 7) is 5.21. The Kier molecular flexibility index (Phi) is 6.44. The van der Waals surface area contributed by atoms with Crippen molar-refractivity contribution in [2.45, 2.75) is 26.3 Å². The molecule has 2 heterocycles. The number of nitrogens with one attached hydrogen (secondary N) is 1. The Morgan fingerprint density at radius 2 is 2.10 bits per heavy atom. The van der Waals surface area contributed by atoms with Crippen molar-refractivity contribution in [3.63, 3.8) is 0 Å². The highest BCUT2D eigenvalue weighted by atomic mass is 16.5. The van der Waals surface area contributed by atoms with E-state index in [4.69, 9.17) is 4.74 Å². The Bertz CT molecular complexity index is 971. The maximum absolute atomic E-state index is 12.9. The van der Waals surface area contributed by atoms with Crippen molar-refractivity contribution < 1.29 is 9.53 Å². The summed E-state index contributed by atoms with van der Waals surface area (Å²) in [5, 5.41) is 7.35. The molecule has 6 heteroatoms. The highest BCUT2D eigenvalue weighted by molar-refractivity contribution is 5.93. The summed E-state index contributed by atoms with van der Waals surface area (Å²) in [7, 11) is 0. The average molecular weight is 405 g/mol. The molecule has 1 saturated heterocycles. The number of ether oxygens (including phenoxy) is 1. The van der Waals surface area contributed by atoms with Gasteiger partial charge in [-0.1, -0.05) is 24.3 Å². The Morgan fingerprint density at radius 3 is 2.93 bits per heavy atom. The third-order valence-electron chi connectivity index (χ3n) is 5.43. The second-order valence-corrected chi connectivity index (χ2v) is 7.61. The van der Waals surface area contributed by atoms with Gasteiger partial charge in [0, 0.05) is 36.7 Å². The number of carbonyl (C=O) groups excluding carboxylic acids is 1. The molecule has 0 aliphatic carbocycles. The largest absolute Gasteiger partial charge is 0.494 e. The van der Waals surface area contributed by atoms with E-state index in [-0.39, 0.29) is 11.8 Å². The third-order valence-corrected chi connectivity index (χ3v) is 5.43. The molecular formula is C24H28N4O2. The van der Waals surface area contributed by atoms with Crippen molar-refractivity contribution in [3.05, 3.63) is 72.6 Å². The van der Waals surface area contributed by atoms with Gasteiger partial charge in [-0.25, -0.2) is 4.68 Å². The van der Waals surface area contributed by atoms with Crippen molar-refractivity contribution in [1.82, 2.24) is 14.7 Å². The number of nitrogens with zero attached hydrogens (tertiary/aromatic N) is 3. The number of carbonyl (C=O) groups is 1. The number of para-hydroxylation sites is 1. The second kappa shape index (κ2) is 9.59. The Morgan fingerprint density at radius 1 is 1.20 bits per heavy atom. The van der Waals surface area contributed by atoms with E-state index < -0.39 is 0 Å². The minimum atomic E-state index is -0.0219. The van der Waals surface area contributed by atoms with Crippen LogP contribution in [0.1, 0.15) is 25.3 Å². The van der Waals surface area contributed by atoms with E-state index in [0.29, 0.717) is 6.61 Å². The first kappa shape index (κ1) is 20.2. The van der Waals surface area contributed by atoms with Crippen LogP contribution in [0.25, 0.3) is 5.69 Å². The van der Waals surface area contributed by atoms with Gasteiger partial charge in [0.05, 0.1) is 18.2 Å². The maximum Gasteiger partial charge on any atom is 0.228 e. The first-order valence-corrected chi connectivity index (χ1v) is 10.6. The van der Waals surface area contributed by atoms with E-state index in [1.54, 1.807) is 10.9 Å². The summed E-state index contributed by atoms with van der Waals surface area (Å²) in [6, 6.07) is 17.8. The molecule has 2 aromatic carbocycles. The highest BCUT2D eigenvalue weighted by Gasteiger charge is 2.26. The lowest BCUT2D eigenvalue weighted by Crippen LogP contribution is -2.40. The standard InChI is InChI=1S/C24H28N4O2/c1-2-30-23-12-4-3-8-19(23)17-27-14-6-9-20(18-27)24(29)26-21-10-5-11-22(16-21)28-15-7-13-25-28/h3-5,7-8,10-13,15-16,20H,2,6,9,14,17-18H2,1H3,(H,26,29)/t20-/m0/s1. The van der Waals surface area contributed by atoms with Crippen molar-refractivity contribution in [3.8, 4) is 11.4 Å². The third kappa shape index (κ3) is 4.89. The van der Waals surface area contributed by atoms with Crippen LogP contribution in [0.2, 0.25) is 0 Å². The number of amides is 1. The molecule has 0 saturated carbocycles. The molecule has 1 amide bonds. The fraction of sp³-hybridized carbons (Fsp3) is 0.333. The van der Waals surface area contributed by atoms with Crippen LogP contribution in [0.15, 0.2) is 67.0 Å². The molecule has 1 atom stereocenters. The zero-order chi connectivity index (χ0) is 20.8. The van der Waals surface area contributed by atoms with Crippen molar-refractivity contribution >= 4 is 11.6 Å². The fourth-order valence-corrected chi connectivity index (χ4v) is 3.98. The zero-order valence-corrected chi connectivity index (χ0v) is 17.3. The Labute approximate surface area is 177 Å². The summed E-state index contributed by atoms with van der Waals surface area (Å²) in [5.74, 6) is 0.990. The van der Waals surface area contributed by atoms with Crippen LogP contribution in [0.5, 0.6) is 5.75 Å². The highest BCUT2D eigenvalue weighted by Crippen LogP contribution is 2.25. The SMILES string of the molecule is CCOc1ccccc1CN1CCC[C@H](C(=O)Nc2cccc(-n3cccn3)c2)C1. The predicted molar refractivity (Wildman–Crippen MR) is 118 cm³/mol. The summed E-state index contributed by atoms with van der Waals surface area (Å²) in [6.07, 6.45) is 5.56. The second-order valence-electron chi connectivity index (χ2n) is 7.61. The van der Waals surface area contributed by atoms with Crippen LogP contribution < -0.4 is 10.1 Å². The normalized spacial score (nSPS) is 16.9. The molecule has 0 bridgehead atoms. The summed E-state index contributed by atoms with van der Waals surface area (Å²) in [5.41, 5.74) is 2.90. The lowest BCUT2D eigenvalue weighted by Gasteiger charge is -2.32. The Hall–Kier alpha value is -3.12. The van der Waals surface area contributed by atoms with E-state index >= 15 is 0 Å². The topological polar surface area (TPSA) is 59.4 Å². The zero-order valence-electron chi connectivity index (χ0n) is 17.3. The average Bonchev–Trinajstić information content (AvgIpc) is 3.31. The van der Waals surface area contributed by atoms with Crippen LogP contribution >= 0.6 is 0 Å². The van der Waals surface area contributed by atoms with Gasteiger partial charge in [-0.05, 0) is 56.6 Å². The van der Waals surface area contributed by atoms with Gasteiger partial charge in [-0.2, -0.15) is 5.10 Å². The van der Waals surface area contributed by atoms with E-state index in [1.165, 1.54) is 5.56 Å². The molecule has 1 aromatic heterocycles. The van der Waals surface area contributed by atoms with E-state index in [9.17, 15) is 4.79 Å². The molecule has 6 nitrogen and oxygen atoms in total. The lowest BCUT2D eigenvalue weighted by atomic mass is 9.96. The van der Waals surface area contributed by atoms with Crippen molar-refractivity contribution in [1.29, 1.82) is 0 Å². The first-order chi connectivity index (χ1) is 14.7. The van der Waals surface area contributed by atoms with Gasteiger partial charge < -0.3 is 10.1 Å². The predicted octanol–water partition coefficient (Wildman–Crippen LogP) is 4.12. The molecule has 156 valence electrons. The fourth-order valence-electron chi connectivity index (χ4n) is 3.98. The monoisotopic (exact) mass is 404 g/mol. The molecule has 30 heavy (non-hydrogen) atoms. The van der Waals surface area contributed by atoms with Gasteiger partial charge in [0.25, 0.3) is 0 Å². The number of benzene rings is 2. The minimum absolute atomic E-state index is 0.0219. The molecule has 1 aliphatic rings. The number of rotatable bonds is 7. The van der Waals surface area contributed by atoms with Crippen LogP contribution in [-0.4, -0.2) is 40.3 Å². The van der Waals surface area contributed by atoms with Crippen molar-refractivity contribution in [2.75, 3.05) is 25.0 Å². The molecule has 0 radical (unpaired) electrons.